The molecule has 130 valence electrons. The number of hydrogen-bond acceptors (Lipinski definition) is 5. The van der Waals surface area contributed by atoms with E-state index in [0.717, 1.165) is 28.2 Å². The molecule has 0 spiro atoms. The van der Waals surface area contributed by atoms with E-state index < -0.39 is 0 Å². The first-order chi connectivity index (χ1) is 12.8. The summed E-state index contributed by atoms with van der Waals surface area (Å²) in [6.07, 6.45) is 5.18. The molecule has 0 amide bonds. The standard InChI is InChI=1S/C19H16FN5O/c1-26-17-9-15(20)5-4-14(17)11-22-18-7-6-16(13-3-2-8-21-10-13)19-24-23-12-25(18)19/h2-10,12,22H,11H2,1H3. The van der Waals surface area contributed by atoms with E-state index in [1.807, 2.05) is 28.7 Å². The molecule has 0 radical (unpaired) electrons. The molecule has 3 heterocycles. The number of nitrogens with zero attached hydrogens (tertiary/aromatic N) is 4. The topological polar surface area (TPSA) is 64.3 Å². The summed E-state index contributed by atoms with van der Waals surface area (Å²) in [4.78, 5) is 4.16. The molecule has 0 aliphatic carbocycles. The summed E-state index contributed by atoms with van der Waals surface area (Å²) in [5.74, 6) is 1.00. The van der Waals surface area contributed by atoms with Crippen molar-refractivity contribution in [3.05, 3.63) is 72.6 Å². The Labute approximate surface area is 149 Å². The molecule has 1 aromatic carbocycles. The molecule has 0 aliphatic rings. The van der Waals surface area contributed by atoms with Crippen LogP contribution in [0.3, 0.4) is 0 Å². The minimum absolute atomic E-state index is 0.326. The van der Waals surface area contributed by atoms with Gasteiger partial charge in [-0.2, -0.15) is 0 Å². The van der Waals surface area contributed by atoms with Crippen molar-refractivity contribution in [1.29, 1.82) is 0 Å². The summed E-state index contributed by atoms with van der Waals surface area (Å²) >= 11 is 0. The molecule has 26 heavy (non-hydrogen) atoms. The average Bonchev–Trinajstić information content (AvgIpc) is 3.17. The van der Waals surface area contributed by atoms with Crippen LogP contribution in [0.1, 0.15) is 5.56 Å². The molecule has 4 aromatic rings. The maximum absolute atomic E-state index is 13.3. The van der Waals surface area contributed by atoms with Gasteiger partial charge in [0.1, 0.15) is 23.7 Å². The lowest BCUT2D eigenvalue weighted by molar-refractivity contribution is 0.406. The van der Waals surface area contributed by atoms with Crippen molar-refractivity contribution in [2.75, 3.05) is 12.4 Å². The van der Waals surface area contributed by atoms with Crippen LogP contribution in [0.4, 0.5) is 10.2 Å². The van der Waals surface area contributed by atoms with Crippen molar-refractivity contribution < 1.29 is 9.13 Å². The number of fused-ring (bicyclic) bond motifs is 1. The minimum Gasteiger partial charge on any atom is -0.496 e. The van der Waals surface area contributed by atoms with Gasteiger partial charge in [0.2, 0.25) is 0 Å². The highest BCUT2D eigenvalue weighted by Gasteiger charge is 2.11. The number of benzene rings is 1. The maximum atomic E-state index is 13.3. The quantitative estimate of drug-likeness (QED) is 0.597. The highest BCUT2D eigenvalue weighted by molar-refractivity contribution is 5.78. The maximum Gasteiger partial charge on any atom is 0.170 e. The van der Waals surface area contributed by atoms with Crippen molar-refractivity contribution in [2.24, 2.45) is 0 Å². The molecule has 0 bridgehead atoms. The highest BCUT2D eigenvalue weighted by atomic mass is 19.1. The Morgan fingerprint density at radius 1 is 1.19 bits per heavy atom. The number of aromatic nitrogens is 4. The van der Waals surface area contributed by atoms with E-state index in [-0.39, 0.29) is 5.82 Å². The van der Waals surface area contributed by atoms with Crippen molar-refractivity contribution in [2.45, 2.75) is 6.54 Å². The molecule has 0 atom stereocenters. The third kappa shape index (κ3) is 2.95. The Morgan fingerprint density at radius 3 is 2.92 bits per heavy atom. The summed E-state index contributed by atoms with van der Waals surface area (Å²) < 4.78 is 20.5. The first-order valence-corrected chi connectivity index (χ1v) is 8.05. The SMILES string of the molecule is COc1cc(F)ccc1CNc1ccc(-c2cccnc2)c2nncn12. The predicted octanol–water partition coefficient (Wildman–Crippen LogP) is 3.55. The largest absolute Gasteiger partial charge is 0.496 e. The summed E-state index contributed by atoms with van der Waals surface area (Å²) in [6.45, 7) is 0.475. The fraction of sp³-hybridized carbons (Fsp3) is 0.105. The zero-order valence-electron chi connectivity index (χ0n) is 14.1. The van der Waals surface area contributed by atoms with Gasteiger partial charge >= 0.3 is 0 Å². The van der Waals surface area contributed by atoms with E-state index in [0.29, 0.717) is 12.3 Å². The van der Waals surface area contributed by atoms with Gasteiger partial charge in [-0.25, -0.2) is 4.39 Å². The van der Waals surface area contributed by atoms with E-state index in [2.05, 4.69) is 20.5 Å². The van der Waals surface area contributed by atoms with Gasteiger partial charge in [0.15, 0.2) is 5.65 Å². The second-order valence-electron chi connectivity index (χ2n) is 5.71. The van der Waals surface area contributed by atoms with Gasteiger partial charge in [0.25, 0.3) is 0 Å². The van der Waals surface area contributed by atoms with Crippen LogP contribution in [-0.2, 0) is 6.54 Å². The fourth-order valence-electron chi connectivity index (χ4n) is 2.85. The van der Waals surface area contributed by atoms with Crippen LogP contribution in [-0.4, -0.2) is 26.7 Å². The number of rotatable bonds is 5. The van der Waals surface area contributed by atoms with E-state index >= 15 is 0 Å². The van der Waals surface area contributed by atoms with Crippen LogP contribution < -0.4 is 10.1 Å². The Morgan fingerprint density at radius 2 is 2.12 bits per heavy atom. The number of ether oxygens (including phenoxy) is 1. The molecule has 0 unspecified atom stereocenters. The van der Waals surface area contributed by atoms with E-state index in [1.54, 1.807) is 24.8 Å². The Balaban J connectivity index is 1.66. The van der Waals surface area contributed by atoms with Crippen molar-refractivity contribution >= 4 is 11.5 Å². The van der Waals surface area contributed by atoms with Gasteiger partial charge in [-0.3, -0.25) is 9.38 Å². The van der Waals surface area contributed by atoms with Crippen LogP contribution in [0.25, 0.3) is 16.8 Å². The molecular formula is C19H16FN5O. The summed E-state index contributed by atoms with van der Waals surface area (Å²) in [5.41, 5.74) is 3.50. The first kappa shape index (κ1) is 16.0. The molecule has 3 aromatic heterocycles. The lowest BCUT2D eigenvalue weighted by Gasteiger charge is -2.13. The fourth-order valence-corrected chi connectivity index (χ4v) is 2.85. The van der Waals surface area contributed by atoms with Gasteiger partial charge < -0.3 is 10.1 Å². The lowest BCUT2D eigenvalue weighted by Crippen LogP contribution is -2.06. The van der Waals surface area contributed by atoms with Gasteiger partial charge in [-0.15, -0.1) is 10.2 Å². The van der Waals surface area contributed by atoms with Crippen molar-refractivity contribution in [3.8, 4) is 16.9 Å². The minimum atomic E-state index is -0.326. The molecule has 0 saturated carbocycles. The number of pyridine rings is 2. The zero-order valence-corrected chi connectivity index (χ0v) is 14.1. The second kappa shape index (κ2) is 6.79. The molecule has 1 N–H and O–H groups in total. The first-order valence-electron chi connectivity index (χ1n) is 8.05. The zero-order chi connectivity index (χ0) is 17.9. The molecule has 0 aliphatic heterocycles. The summed E-state index contributed by atoms with van der Waals surface area (Å²) in [5, 5.41) is 11.6. The van der Waals surface area contributed by atoms with Crippen LogP contribution in [0, 0.1) is 5.82 Å². The number of anilines is 1. The molecule has 0 fully saturated rings. The smallest absolute Gasteiger partial charge is 0.170 e. The summed E-state index contributed by atoms with van der Waals surface area (Å²) in [6, 6.07) is 12.3. The van der Waals surface area contributed by atoms with Gasteiger partial charge in [0, 0.05) is 41.7 Å². The van der Waals surface area contributed by atoms with Crippen LogP contribution >= 0.6 is 0 Å². The van der Waals surface area contributed by atoms with Gasteiger partial charge in [-0.05, 0) is 24.3 Å². The van der Waals surface area contributed by atoms with Crippen molar-refractivity contribution in [3.63, 3.8) is 0 Å². The molecule has 7 heteroatoms. The number of hydrogen-bond donors (Lipinski definition) is 1. The molecule has 0 saturated heterocycles. The Bertz CT molecular complexity index is 1050. The molecule has 6 nitrogen and oxygen atoms in total. The molecular weight excluding hydrogens is 333 g/mol. The number of nitrogens with one attached hydrogen (secondary N) is 1. The third-order valence-electron chi connectivity index (χ3n) is 4.14. The lowest BCUT2D eigenvalue weighted by atomic mass is 10.1. The second-order valence-corrected chi connectivity index (χ2v) is 5.71. The Hall–Kier alpha value is -3.48. The van der Waals surface area contributed by atoms with Crippen LogP contribution in [0.2, 0.25) is 0 Å². The van der Waals surface area contributed by atoms with Gasteiger partial charge in [0.05, 0.1) is 7.11 Å². The monoisotopic (exact) mass is 349 g/mol. The predicted molar refractivity (Wildman–Crippen MR) is 96.5 cm³/mol. The van der Waals surface area contributed by atoms with E-state index in [1.165, 1.54) is 19.2 Å². The highest BCUT2D eigenvalue weighted by Crippen LogP contribution is 2.26. The van der Waals surface area contributed by atoms with E-state index in [9.17, 15) is 4.39 Å². The van der Waals surface area contributed by atoms with Crippen molar-refractivity contribution in [1.82, 2.24) is 19.6 Å². The van der Waals surface area contributed by atoms with Crippen LogP contribution in [0.15, 0.2) is 61.2 Å². The number of halogens is 1. The Kier molecular flexibility index (Phi) is 4.18. The summed E-state index contributed by atoms with van der Waals surface area (Å²) in [7, 11) is 1.53. The average molecular weight is 349 g/mol. The van der Waals surface area contributed by atoms with Gasteiger partial charge in [-0.1, -0.05) is 12.1 Å². The van der Waals surface area contributed by atoms with E-state index in [4.69, 9.17) is 4.74 Å². The normalized spacial score (nSPS) is 10.8. The number of methoxy groups -OCH3 is 1. The molecule has 4 rings (SSSR count). The third-order valence-corrected chi connectivity index (χ3v) is 4.14. The van der Waals surface area contributed by atoms with Crippen LogP contribution in [0.5, 0.6) is 5.75 Å².